The number of carbonyl (C=O) groups is 2. The first kappa shape index (κ1) is 13.4. The summed E-state index contributed by atoms with van der Waals surface area (Å²) < 4.78 is 5.27. The van der Waals surface area contributed by atoms with Gasteiger partial charge in [-0.15, -0.1) is 0 Å². The Hall–Kier alpha value is -2.08. The van der Waals surface area contributed by atoms with Crippen LogP contribution in [0.5, 0.6) is 5.75 Å². The lowest BCUT2D eigenvalue weighted by Crippen LogP contribution is -2.28. The summed E-state index contributed by atoms with van der Waals surface area (Å²) in [5, 5.41) is 2.74. The maximum absolute atomic E-state index is 11.6. The van der Waals surface area contributed by atoms with Gasteiger partial charge < -0.3 is 20.7 Å². The summed E-state index contributed by atoms with van der Waals surface area (Å²) in [7, 11) is 1.73. The van der Waals surface area contributed by atoms with Crippen LogP contribution >= 0.6 is 0 Å². The number of nitrogens with zero attached hydrogens (tertiary/aromatic N) is 1. The molecule has 0 radical (unpaired) electrons. The van der Waals surface area contributed by atoms with Crippen molar-refractivity contribution in [2.45, 2.75) is 13.0 Å². The monoisotopic (exact) mass is 263 g/mol. The van der Waals surface area contributed by atoms with Gasteiger partial charge in [0, 0.05) is 26.6 Å². The van der Waals surface area contributed by atoms with Crippen LogP contribution in [0.15, 0.2) is 18.2 Å². The molecule has 6 heteroatoms. The van der Waals surface area contributed by atoms with Gasteiger partial charge in [-0.1, -0.05) is 6.07 Å². The number of carbonyl (C=O) groups excluding carboxylic acids is 2. The maximum Gasteiger partial charge on any atom is 0.262 e. The highest BCUT2D eigenvalue weighted by Gasteiger charge is 2.16. The smallest absolute Gasteiger partial charge is 0.262 e. The summed E-state index contributed by atoms with van der Waals surface area (Å²) in [5.41, 5.74) is 6.93. The molecule has 0 spiro atoms. The number of fused-ring (bicyclic) bond motifs is 1. The molecule has 1 aliphatic rings. The van der Waals surface area contributed by atoms with E-state index >= 15 is 0 Å². The Morgan fingerprint density at radius 3 is 3.05 bits per heavy atom. The van der Waals surface area contributed by atoms with E-state index in [-0.39, 0.29) is 18.4 Å². The number of hydrogen-bond acceptors (Lipinski definition) is 4. The highest BCUT2D eigenvalue weighted by Crippen LogP contribution is 2.28. The van der Waals surface area contributed by atoms with Crippen molar-refractivity contribution in [1.29, 1.82) is 0 Å². The normalized spacial score (nSPS) is 13.3. The van der Waals surface area contributed by atoms with Gasteiger partial charge in [-0.25, -0.2) is 0 Å². The second-order valence-corrected chi connectivity index (χ2v) is 4.46. The van der Waals surface area contributed by atoms with Crippen molar-refractivity contribution in [2.75, 3.05) is 25.5 Å². The van der Waals surface area contributed by atoms with Crippen molar-refractivity contribution in [3.8, 4) is 5.75 Å². The molecule has 0 unspecified atom stereocenters. The lowest BCUT2D eigenvalue weighted by atomic mass is 10.1. The van der Waals surface area contributed by atoms with Crippen molar-refractivity contribution in [3.63, 3.8) is 0 Å². The minimum atomic E-state index is -0.169. The molecule has 102 valence electrons. The number of ether oxygens (including phenoxy) is 1. The first-order chi connectivity index (χ1) is 9.10. The molecule has 1 heterocycles. The van der Waals surface area contributed by atoms with Gasteiger partial charge in [0.15, 0.2) is 6.61 Å². The van der Waals surface area contributed by atoms with Crippen LogP contribution in [0, 0.1) is 0 Å². The van der Waals surface area contributed by atoms with Crippen molar-refractivity contribution in [2.24, 2.45) is 5.73 Å². The molecule has 1 aromatic carbocycles. The van der Waals surface area contributed by atoms with Crippen LogP contribution < -0.4 is 15.8 Å². The summed E-state index contributed by atoms with van der Waals surface area (Å²) >= 11 is 0. The first-order valence-corrected chi connectivity index (χ1v) is 6.10. The number of amides is 2. The average molecular weight is 263 g/mol. The molecule has 3 N–H and O–H groups in total. The molecule has 0 bridgehead atoms. The Labute approximate surface area is 111 Å². The molecular weight excluding hydrogens is 246 g/mol. The number of nitrogens with two attached hydrogens (primary N) is 1. The minimum absolute atomic E-state index is 0.000469. The molecule has 0 aliphatic carbocycles. The van der Waals surface area contributed by atoms with Gasteiger partial charge >= 0.3 is 0 Å². The van der Waals surface area contributed by atoms with E-state index in [4.69, 9.17) is 10.5 Å². The van der Waals surface area contributed by atoms with E-state index < -0.39 is 0 Å². The van der Waals surface area contributed by atoms with E-state index in [1.807, 2.05) is 12.1 Å². The van der Waals surface area contributed by atoms with Crippen molar-refractivity contribution in [1.82, 2.24) is 4.90 Å². The molecule has 0 aromatic heterocycles. The highest BCUT2D eigenvalue weighted by molar-refractivity contribution is 5.95. The van der Waals surface area contributed by atoms with Crippen LogP contribution in [-0.4, -0.2) is 36.9 Å². The number of hydrogen-bond donors (Lipinski definition) is 2. The summed E-state index contributed by atoms with van der Waals surface area (Å²) in [5.74, 6) is 0.483. The highest BCUT2D eigenvalue weighted by atomic mass is 16.5. The Morgan fingerprint density at radius 2 is 2.32 bits per heavy atom. The maximum atomic E-state index is 11.6. The number of rotatable bonds is 4. The van der Waals surface area contributed by atoms with Gasteiger partial charge in [-0.05, 0) is 17.7 Å². The summed E-state index contributed by atoms with van der Waals surface area (Å²) in [6, 6.07) is 5.49. The Balaban J connectivity index is 2.07. The SMILES string of the molecule is CN(Cc1ccc2c(c1)NC(=O)CO2)C(=O)CCN. The van der Waals surface area contributed by atoms with E-state index in [9.17, 15) is 9.59 Å². The molecule has 6 nitrogen and oxygen atoms in total. The number of anilines is 1. The van der Waals surface area contributed by atoms with Gasteiger partial charge in [0.25, 0.3) is 5.91 Å². The molecule has 0 atom stereocenters. The zero-order chi connectivity index (χ0) is 13.8. The summed E-state index contributed by atoms with van der Waals surface area (Å²) in [6.45, 7) is 0.862. The summed E-state index contributed by atoms with van der Waals surface area (Å²) in [6.07, 6.45) is 0.335. The molecule has 0 fully saturated rings. The first-order valence-electron chi connectivity index (χ1n) is 6.10. The molecule has 2 rings (SSSR count). The molecule has 0 saturated carbocycles. The Bertz CT molecular complexity index is 502. The molecule has 1 aliphatic heterocycles. The van der Waals surface area contributed by atoms with Crippen molar-refractivity contribution < 1.29 is 14.3 Å². The second kappa shape index (κ2) is 5.71. The third-order valence-electron chi connectivity index (χ3n) is 2.88. The molecule has 1 aromatic rings. The molecule has 0 saturated heterocycles. The fourth-order valence-electron chi connectivity index (χ4n) is 1.90. The molecular formula is C13H17N3O3. The molecule has 2 amide bonds. The van der Waals surface area contributed by atoms with Crippen LogP contribution in [0.1, 0.15) is 12.0 Å². The van der Waals surface area contributed by atoms with Gasteiger partial charge in [-0.3, -0.25) is 9.59 Å². The Kier molecular flexibility index (Phi) is 4.01. The lowest BCUT2D eigenvalue weighted by Gasteiger charge is -2.21. The Morgan fingerprint density at radius 1 is 1.53 bits per heavy atom. The van der Waals surface area contributed by atoms with Gasteiger partial charge in [0.1, 0.15) is 5.75 Å². The number of benzene rings is 1. The van der Waals surface area contributed by atoms with Crippen LogP contribution in [-0.2, 0) is 16.1 Å². The number of nitrogens with one attached hydrogen (secondary N) is 1. The van der Waals surface area contributed by atoms with Crippen molar-refractivity contribution >= 4 is 17.5 Å². The third-order valence-corrected chi connectivity index (χ3v) is 2.88. The fraction of sp³-hybridized carbons (Fsp3) is 0.385. The van der Waals surface area contributed by atoms with E-state index in [2.05, 4.69) is 5.32 Å². The van der Waals surface area contributed by atoms with Crippen LogP contribution in [0.2, 0.25) is 0 Å². The van der Waals surface area contributed by atoms with Gasteiger partial charge in [0.2, 0.25) is 5.91 Å². The second-order valence-electron chi connectivity index (χ2n) is 4.46. The largest absolute Gasteiger partial charge is 0.482 e. The van der Waals surface area contributed by atoms with E-state index in [1.165, 1.54) is 0 Å². The van der Waals surface area contributed by atoms with Crippen LogP contribution in [0.3, 0.4) is 0 Å². The van der Waals surface area contributed by atoms with Crippen LogP contribution in [0.4, 0.5) is 5.69 Å². The van der Waals surface area contributed by atoms with E-state index in [1.54, 1.807) is 18.0 Å². The lowest BCUT2D eigenvalue weighted by molar-refractivity contribution is -0.130. The van der Waals surface area contributed by atoms with Crippen molar-refractivity contribution in [3.05, 3.63) is 23.8 Å². The predicted molar refractivity (Wildman–Crippen MR) is 70.7 cm³/mol. The zero-order valence-corrected chi connectivity index (χ0v) is 10.8. The van der Waals surface area contributed by atoms with Gasteiger partial charge in [0.05, 0.1) is 5.69 Å². The predicted octanol–water partition coefficient (Wildman–Crippen LogP) is 0.325. The third kappa shape index (κ3) is 3.23. The summed E-state index contributed by atoms with van der Waals surface area (Å²) in [4.78, 5) is 24.5. The minimum Gasteiger partial charge on any atom is -0.482 e. The zero-order valence-electron chi connectivity index (χ0n) is 10.8. The fourth-order valence-corrected chi connectivity index (χ4v) is 1.90. The molecule has 19 heavy (non-hydrogen) atoms. The quantitative estimate of drug-likeness (QED) is 0.819. The van der Waals surface area contributed by atoms with Crippen LogP contribution in [0.25, 0.3) is 0 Å². The standard InChI is InChI=1S/C13H17N3O3/c1-16(13(18)4-5-14)7-9-2-3-11-10(6-9)15-12(17)8-19-11/h2-3,6H,4-5,7-8,14H2,1H3,(H,15,17). The van der Waals surface area contributed by atoms with E-state index in [0.29, 0.717) is 30.9 Å². The average Bonchev–Trinajstić information content (AvgIpc) is 2.38. The van der Waals surface area contributed by atoms with Gasteiger partial charge in [-0.2, -0.15) is 0 Å². The topological polar surface area (TPSA) is 84.7 Å². The van der Waals surface area contributed by atoms with E-state index in [0.717, 1.165) is 5.56 Å².